The van der Waals surface area contributed by atoms with Crippen molar-refractivity contribution in [3.63, 3.8) is 0 Å². The maximum absolute atomic E-state index is 12.6. The van der Waals surface area contributed by atoms with E-state index in [-0.39, 0.29) is 10.2 Å². The van der Waals surface area contributed by atoms with Crippen LogP contribution < -0.4 is 0 Å². The Hall–Kier alpha value is -2.41. The molecule has 0 unspecified atom stereocenters. The number of amides is 2. The molecule has 1 atom stereocenters. The third-order valence-electron chi connectivity index (χ3n) is 3.36. The summed E-state index contributed by atoms with van der Waals surface area (Å²) in [6.45, 7) is 4.77. The van der Waals surface area contributed by atoms with Gasteiger partial charge in [-0.25, -0.2) is 14.5 Å². The Labute approximate surface area is 164 Å². The molecule has 1 aromatic carbocycles. The van der Waals surface area contributed by atoms with Crippen molar-refractivity contribution in [3.05, 3.63) is 45.6 Å². The number of rotatable bonds is 3. The van der Waals surface area contributed by atoms with Gasteiger partial charge in [-0.15, -0.1) is 0 Å². The van der Waals surface area contributed by atoms with Crippen LogP contribution in [0.4, 0.5) is 4.79 Å². The zero-order chi connectivity index (χ0) is 19.5. The van der Waals surface area contributed by atoms with Crippen LogP contribution in [0.3, 0.4) is 0 Å². The Morgan fingerprint density at radius 3 is 2.42 bits per heavy atom. The molecule has 0 saturated heterocycles. The molecule has 0 N–H and O–H groups in total. The lowest BCUT2D eigenvalue weighted by atomic mass is 10.0. The molecule has 136 valence electrons. The zero-order valence-corrected chi connectivity index (χ0v) is 16.6. The van der Waals surface area contributed by atoms with Crippen molar-refractivity contribution in [2.24, 2.45) is 0 Å². The van der Waals surface area contributed by atoms with Crippen molar-refractivity contribution >= 4 is 40.6 Å². The largest absolute Gasteiger partial charge is 0.457 e. The lowest BCUT2D eigenvalue weighted by Gasteiger charge is -2.30. The van der Waals surface area contributed by atoms with E-state index in [9.17, 15) is 19.6 Å². The molecule has 7 nitrogen and oxygen atoms in total. The van der Waals surface area contributed by atoms with Gasteiger partial charge in [-0.2, -0.15) is 5.26 Å². The molecule has 0 radical (unpaired) electrons. The summed E-state index contributed by atoms with van der Waals surface area (Å²) in [5, 5.41) is 9.62. The number of halogens is 1. The van der Waals surface area contributed by atoms with Gasteiger partial charge in [-0.1, -0.05) is 30.3 Å². The molecule has 0 aromatic heterocycles. The normalized spacial score (nSPS) is 19.6. The molecule has 2 amide bonds. The molecule has 0 spiro atoms. The van der Waals surface area contributed by atoms with Crippen molar-refractivity contribution in [2.75, 3.05) is 0 Å². The van der Waals surface area contributed by atoms with Gasteiger partial charge in [0.2, 0.25) is 0 Å². The fraction of sp³-hybridized carbons (Fsp3) is 0.333. The monoisotopic (exact) mass is 468 g/mol. The number of carbonyl (C=O) groups is 3. The molecule has 1 heterocycles. The first-order valence-electron chi connectivity index (χ1n) is 7.69. The minimum Gasteiger partial charge on any atom is -0.457 e. The number of hydrogen-bond acceptors (Lipinski definition) is 6. The van der Waals surface area contributed by atoms with Crippen molar-refractivity contribution in [3.8, 4) is 6.07 Å². The minimum absolute atomic E-state index is 0.0617. The highest BCUT2D eigenvalue weighted by atomic mass is 127. The van der Waals surface area contributed by atoms with Crippen LogP contribution in [-0.2, 0) is 25.7 Å². The third kappa shape index (κ3) is 4.04. The average Bonchev–Trinajstić information content (AvgIpc) is 2.84. The van der Waals surface area contributed by atoms with E-state index >= 15 is 0 Å². The molecule has 0 aliphatic carbocycles. The van der Waals surface area contributed by atoms with Gasteiger partial charge in [0.1, 0.15) is 18.3 Å². The molecule has 1 aliphatic heterocycles. The van der Waals surface area contributed by atoms with Crippen LogP contribution in [0, 0.1) is 11.3 Å². The molecule has 0 fully saturated rings. The molecular weight excluding hydrogens is 451 g/mol. The summed E-state index contributed by atoms with van der Waals surface area (Å²) >= 11 is 1.67. The Morgan fingerprint density at radius 1 is 1.27 bits per heavy atom. The molecule has 26 heavy (non-hydrogen) atoms. The van der Waals surface area contributed by atoms with E-state index in [4.69, 9.17) is 9.47 Å². The fourth-order valence-corrected chi connectivity index (χ4v) is 2.91. The number of nitrogens with zero attached hydrogens (tertiary/aromatic N) is 2. The highest BCUT2D eigenvalue weighted by Crippen LogP contribution is 2.34. The Kier molecular flexibility index (Phi) is 5.71. The van der Waals surface area contributed by atoms with Gasteiger partial charge < -0.3 is 9.47 Å². The quantitative estimate of drug-likeness (QED) is 0.500. The van der Waals surface area contributed by atoms with Crippen molar-refractivity contribution in [1.82, 2.24) is 4.90 Å². The number of benzene rings is 1. The summed E-state index contributed by atoms with van der Waals surface area (Å²) in [6, 6.07) is 10.6. The molecule has 0 bridgehead atoms. The summed E-state index contributed by atoms with van der Waals surface area (Å²) in [4.78, 5) is 38.0. The van der Waals surface area contributed by atoms with Gasteiger partial charge in [0.15, 0.2) is 0 Å². The highest BCUT2D eigenvalue weighted by Gasteiger charge is 2.57. The third-order valence-corrected chi connectivity index (χ3v) is 4.14. The van der Waals surface area contributed by atoms with E-state index in [0.29, 0.717) is 10.5 Å². The van der Waals surface area contributed by atoms with Crippen LogP contribution in [0.15, 0.2) is 40.0 Å². The second kappa shape index (κ2) is 7.45. The summed E-state index contributed by atoms with van der Waals surface area (Å²) in [5.41, 5.74) is -2.38. The average molecular weight is 468 g/mol. The van der Waals surface area contributed by atoms with E-state index in [1.807, 2.05) is 6.07 Å². The maximum Gasteiger partial charge on any atom is 0.419 e. The van der Waals surface area contributed by atoms with Crippen LogP contribution >= 0.6 is 22.6 Å². The number of ether oxygens (including phenoxy) is 2. The standard InChI is InChI=1S/C18H17IN2O5/c1-17(2,3)26-15(23)18(11-20)9-13(19)14(22)21(18)16(24)25-10-12-7-5-4-6-8-12/h4-9H,10H2,1-3H3/t18-/m1/s1. The topological polar surface area (TPSA) is 96.7 Å². The summed E-state index contributed by atoms with van der Waals surface area (Å²) in [7, 11) is 0. The van der Waals surface area contributed by atoms with Gasteiger partial charge in [-0.3, -0.25) is 4.79 Å². The second-order valence-corrected chi connectivity index (χ2v) is 7.72. The Bertz CT molecular complexity index is 807. The highest BCUT2D eigenvalue weighted by molar-refractivity contribution is 14.1. The number of hydrogen-bond donors (Lipinski definition) is 0. The summed E-state index contributed by atoms with van der Waals surface area (Å²) in [5.74, 6) is -1.79. The van der Waals surface area contributed by atoms with E-state index < -0.39 is 29.1 Å². The molecule has 8 heteroatoms. The number of imide groups is 1. The SMILES string of the molecule is CC(C)(C)OC(=O)[C@]1(C#N)C=C(I)C(=O)N1C(=O)OCc1ccccc1. The van der Waals surface area contributed by atoms with Gasteiger partial charge in [0.05, 0.1) is 3.58 Å². The van der Waals surface area contributed by atoms with E-state index in [2.05, 4.69) is 0 Å². The fourth-order valence-electron chi connectivity index (χ4n) is 2.22. The number of carbonyl (C=O) groups excluding carboxylic acids is 3. The Balaban J connectivity index is 2.28. The number of esters is 1. The van der Waals surface area contributed by atoms with E-state index in [1.54, 1.807) is 73.7 Å². The van der Waals surface area contributed by atoms with E-state index in [1.165, 1.54) is 0 Å². The molecule has 1 aliphatic rings. The second-order valence-electron chi connectivity index (χ2n) is 6.55. The summed E-state index contributed by atoms with van der Waals surface area (Å²) < 4.78 is 10.4. The molecular formula is C18H17IN2O5. The van der Waals surface area contributed by atoms with Crippen molar-refractivity contribution < 1.29 is 23.9 Å². The molecule has 1 aromatic rings. The lowest BCUT2D eigenvalue weighted by molar-refractivity contribution is -0.164. The van der Waals surface area contributed by atoms with Crippen LogP contribution in [0.5, 0.6) is 0 Å². The van der Waals surface area contributed by atoms with Crippen LogP contribution in [-0.4, -0.2) is 34.0 Å². The van der Waals surface area contributed by atoms with Crippen molar-refractivity contribution in [2.45, 2.75) is 38.5 Å². The predicted octanol–water partition coefficient (Wildman–Crippen LogP) is 3.09. The summed E-state index contributed by atoms with van der Waals surface area (Å²) in [6.07, 6.45) is 0.0301. The van der Waals surface area contributed by atoms with Crippen LogP contribution in [0.2, 0.25) is 0 Å². The van der Waals surface area contributed by atoms with Gasteiger partial charge >= 0.3 is 12.1 Å². The van der Waals surface area contributed by atoms with Gasteiger partial charge in [-0.05, 0) is 55.0 Å². The first-order valence-corrected chi connectivity index (χ1v) is 8.77. The van der Waals surface area contributed by atoms with Crippen LogP contribution in [0.25, 0.3) is 0 Å². The molecule has 2 rings (SSSR count). The molecule has 0 saturated carbocycles. The first-order chi connectivity index (χ1) is 12.1. The van der Waals surface area contributed by atoms with Crippen molar-refractivity contribution in [1.29, 1.82) is 5.26 Å². The Morgan fingerprint density at radius 2 is 1.88 bits per heavy atom. The number of nitriles is 1. The smallest absolute Gasteiger partial charge is 0.419 e. The lowest BCUT2D eigenvalue weighted by Crippen LogP contribution is -2.56. The van der Waals surface area contributed by atoms with Crippen LogP contribution in [0.1, 0.15) is 26.3 Å². The predicted molar refractivity (Wildman–Crippen MR) is 99.8 cm³/mol. The van der Waals surface area contributed by atoms with Gasteiger partial charge in [0, 0.05) is 0 Å². The first kappa shape index (κ1) is 19.9. The maximum atomic E-state index is 12.6. The zero-order valence-electron chi connectivity index (χ0n) is 14.5. The minimum atomic E-state index is -2.19. The van der Waals surface area contributed by atoms with E-state index in [0.717, 1.165) is 6.08 Å². The van der Waals surface area contributed by atoms with Gasteiger partial charge in [0.25, 0.3) is 11.4 Å².